The van der Waals surface area contributed by atoms with Crippen molar-refractivity contribution in [2.24, 2.45) is 0 Å². The highest BCUT2D eigenvalue weighted by molar-refractivity contribution is 5.76. The first-order chi connectivity index (χ1) is 55.3. The predicted molar refractivity (Wildman–Crippen MR) is 456 cm³/mol. The van der Waals surface area contributed by atoms with Crippen molar-refractivity contribution >= 4 is 5.91 Å². The number of aliphatic hydroxyl groups is 11. The van der Waals surface area contributed by atoms with Crippen LogP contribution in [-0.4, -0.2) is 193 Å². The van der Waals surface area contributed by atoms with Gasteiger partial charge in [0.15, 0.2) is 18.9 Å². The molecule has 0 aromatic carbocycles. The summed E-state index contributed by atoms with van der Waals surface area (Å²) < 4.78 is 34.5. The highest BCUT2D eigenvalue weighted by Crippen LogP contribution is 2.33. The number of hydrogen-bond acceptors (Lipinski definition) is 18. The zero-order valence-corrected chi connectivity index (χ0v) is 69.8. The quantitative estimate of drug-likeness (QED) is 0.0199. The number of carbonyl (C=O) groups excluding carboxylic acids is 1. The fraction of sp³-hybridized carbons (Fsp3) is 0.734. The summed E-state index contributed by atoms with van der Waals surface area (Å²) in [6.07, 6.45) is 78.5. The Kier molecular flexibility index (Phi) is 65.3. The van der Waals surface area contributed by atoms with Crippen LogP contribution in [0.2, 0.25) is 0 Å². The zero-order valence-electron chi connectivity index (χ0n) is 69.8. The molecule has 0 saturated carbocycles. The van der Waals surface area contributed by atoms with Gasteiger partial charge < -0.3 is 89.9 Å². The van der Waals surface area contributed by atoms with Crippen LogP contribution in [0.1, 0.15) is 309 Å². The maximum Gasteiger partial charge on any atom is 0.220 e. The minimum Gasteiger partial charge on any atom is -0.394 e. The molecule has 0 spiro atoms. The van der Waals surface area contributed by atoms with Crippen LogP contribution in [0.5, 0.6) is 0 Å². The van der Waals surface area contributed by atoms with E-state index >= 15 is 0 Å². The van der Waals surface area contributed by atoms with Crippen LogP contribution in [0.4, 0.5) is 0 Å². The van der Waals surface area contributed by atoms with Gasteiger partial charge in [-0.3, -0.25) is 4.79 Å². The number of unbranched alkanes of at least 4 members (excludes halogenated alkanes) is 32. The number of allylic oxidation sites excluding steroid dienone is 23. The molecule has 1 amide bonds. The van der Waals surface area contributed by atoms with E-state index < -0.39 is 124 Å². The SMILES string of the molecule is CC/C=C\C/C=C\C/C=C\C/C=C\C/C=C\C/C=C\C/C=C\C/C=C\C/C=C\C/C=C\CCCCCCC(=O)NC(COC1OC(CO)C(OC2OC(CO)C(OC3OC(CO)C(O)C(O)C3O)C(O)C2O)C(O)C1O)C(O)/C=C/CC/C=C/CCCCCCCCCCCCCCCCCCCCCCCCCCCCC. The second-order valence-corrected chi connectivity index (χ2v) is 31.0. The molecule has 19 nitrogen and oxygen atoms in total. The molecule has 0 aliphatic carbocycles. The Morgan fingerprint density at radius 3 is 0.991 bits per heavy atom. The summed E-state index contributed by atoms with van der Waals surface area (Å²) in [7, 11) is 0. The van der Waals surface area contributed by atoms with Gasteiger partial charge >= 0.3 is 0 Å². The molecule has 3 saturated heterocycles. The summed E-state index contributed by atoms with van der Waals surface area (Å²) in [5.41, 5.74) is 0. The van der Waals surface area contributed by atoms with E-state index in [1.54, 1.807) is 6.08 Å². The van der Waals surface area contributed by atoms with Crippen molar-refractivity contribution in [2.75, 3.05) is 26.4 Å². The van der Waals surface area contributed by atoms with E-state index in [-0.39, 0.29) is 18.9 Å². The smallest absolute Gasteiger partial charge is 0.220 e. The Balaban J connectivity index is 1.37. The van der Waals surface area contributed by atoms with E-state index in [1.165, 1.54) is 167 Å². The minimum atomic E-state index is -1.99. The van der Waals surface area contributed by atoms with Crippen molar-refractivity contribution in [3.8, 4) is 0 Å². The summed E-state index contributed by atoms with van der Waals surface area (Å²) in [6, 6.07) is -1.02. The van der Waals surface area contributed by atoms with Gasteiger partial charge in [-0.25, -0.2) is 0 Å². The van der Waals surface area contributed by atoms with Crippen molar-refractivity contribution in [3.05, 3.63) is 146 Å². The molecule has 0 bridgehead atoms. The molecule has 3 aliphatic heterocycles. The molecule has 0 radical (unpaired) electrons. The second kappa shape index (κ2) is 71.8. The summed E-state index contributed by atoms with van der Waals surface area (Å²) in [5, 5.41) is 121. The highest BCUT2D eigenvalue weighted by atomic mass is 16.8. The monoisotopic (exact) mass is 1590 g/mol. The van der Waals surface area contributed by atoms with E-state index in [9.17, 15) is 61.0 Å². The van der Waals surface area contributed by atoms with Gasteiger partial charge in [0.25, 0.3) is 0 Å². The largest absolute Gasteiger partial charge is 0.394 e. The standard InChI is InChI=1S/C94H159NO18/c1-3-5-7-9-11-13-15-17-19-21-23-25-27-29-31-33-35-37-38-40-42-44-46-48-50-52-54-56-58-60-62-64-66-68-70-72-82(100)95-77(78(99)71-69-67-65-63-61-59-57-55-53-51-49-47-45-43-41-39-36-34-32-30-28-26-24-22-20-18-16-14-12-10-8-6-4-2)76-108-92-88(106)85(103)90(80(74-97)110-92)113-94-89(107)86(104)91(81(75-98)111-94)112-93-87(105)84(102)83(101)79(73-96)109-93/h5,7,11,13,17,19,23,25,29,31,35,37,40,42,46,48,52,54,58,60-61,63,69,71,77-81,83-94,96-99,101-107H,3-4,6,8-10,12,14-16,18,20-22,24,26-28,30,32-34,36,38-39,41,43-45,47,49-51,53,55-57,59,62,64-68,70,72-76H2,1-2H3,(H,95,100)/b7-5-,13-11-,19-17-,25-23-,31-29-,37-35-,42-40-,48-46-,54-52-,60-58-,63-61+,71-69+. The number of amides is 1. The summed E-state index contributed by atoms with van der Waals surface area (Å²) in [6.45, 7) is 1.60. The molecule has 3 aliphatic rings. The Labute approximate surface area is 683 Å². The summed E-state index contributed by atoms with van der Waals surface area (Å²) >= 11 is 0. The van der Waals surface area contributed by atoms with Crippen LogP contribution in [0.25, 0.3) is 0 Å². The topological polar surface area (TPSA) is 307 Å². The van der Waals surface area contributed by atoms with Crippen LogP contribution < -0.4 is 5.32 Å². The number of hydrogen-bond donors (Lipinski definition) is 12. The number of ether oxygens (including phenoxy) is 6. The Hall–Kier alpha value is -4.33. The van der Waals surface area contributed by atoms with Gasteiger partial charge in [0.2, 0.25) is 5.91 Å². The lowest BCUT2D eigenvalue weighted by Crippen LogP contribution is -2.66. The van der Waals surface area contributed by atoms with Gasteiger partial charge in [-0.05, 0) is 109 Å². The lowest BCUT2D eigenvalue weighted by atomic mass is 9.96. The molecule has 3 heterocycles. The third-order valence-corrected chi connectivity index (χ3v) is 21.1. The first-order valence-corrected chi connectivity index (χ1v) is 44.6. The normalized spacial score (nSPS) is 25.5. The maximum atomic E-state index is 13.5. The zero-order chi connectivity index (χ0) is 81.7. The molecule has 12 N–H and O–H groups in total. The maximum absolute atomic E-state index is 13.5. The van der Waals surface area contributed by atoms with Crippen molar-refractivity contribution in [1.82, 2.24) is 5.32 Å². The van der Waals surface area contributed by atoms with Crippen molar-refractivity contribution in [2.45, 2.75) is 413 Å². The Bertz CT molecular complexity index is 2610. The molecule has 3 rings (SSSR count). The second-order valence-electron chi connectivity index (χ2n) is 31.0. The average molecular weight is 1590 g/mol. The molecule has 17 unspecified atom stereocenters. The van der Waals surface area contributed by atoms with E-state index in [0.29, 0.717) is 12.8 Å². The molecule has 3 fully saturated rings. The molecular formula is C94H159NO18. The molecule has 0 aromatic rings. The molecule has 648 valence electrons. The van der Waals surface area contributed by atoms with Gasteiger partial charge in [-0.1, -0.05) is 339 Å². The fourth-order valence-electron chi connectivity index (χ4n) is 14.1. The lowest BCUT2D eigenvalue weighted by molar-refractivity contribution is -0.379. The van der Waals surface area contributed by atoms with E-state index in [1.807, 2.05) is 6.08 Å². The van der Waals surface area contributed by atoms with Crippen LogP contribution >= 0.6 is 0 Å². The van der Waals surface area contributed by atoms with E-state index in [4.69, 9.17) is 28.4 Å². The first kappa shape index (κ1) is 103. The Morgan fingerprint density at radius 1 is 0.327 bits per heavy atom. The predicted octanol–water partition coefficient (Wildman–Crippen LogP) is 17.0. The van der Waals surface area contributed by atoms with Gasteiger partial charge in [0.05, 0.1) is 38.6 Å². The molecule has 19 heteroatoms. The third-order valence-electron chi connectivity index (χ3n) is 21.1. The number of nitrogens with one attached hydrogen (secondary N) is 1. The Morgan fingerprint density at radius 2 is 0.619 bits per heavy atom. The van der Waals surface area contributed by atoms with Crippen LogP contribution in [-0.2, 0) is 33.2 Å². The molecule has 17 atom stereocenters. The average Bonchev–Trinajstić information content (AvgIpc) is 0.780. The summed E-state index contributed by atoms with van der Waals surface area (Å²) in [5.74, 6) is -0.313. The van der Waals surface area contributed by atoms with Crippen LogP contribution in [0.3, 0.4) is 0 Å². The minimum absolute atomic E-state index is 0.196. The van der Waals surface area contributed by atoms with Gasteiger partial charge in [-0.2, -0.15) is 0 Å². The third kappa shape index (κ3) is 50.3. The molecular weight excluding hydrogens is 1430 g/mol. The lowest BCUT2D eigenvalue weighted by Gasteiger charge is -2.48. The first-order valence-electron chi connectivity index (χ1n) is 44.6. The van der Waals surface area contributed by atoms with Crippen molar-refractivity contribution < 1.29 is 89.4 Å². The van der Waals surface area contributed by atoms with Crippen molar-refractivity contribution in [1.29, 1.82) is 0 Å². The number of rotatable bonds is 70. The van der Waals surface area contributed by atoms with Crippen LogP contribution in [0.15, 0.2) is 146 Å². The highest BCUT2D eigenvalue weighted by Gasteiger charge is 2.54. The van der Waals surface area contributed by atoms with Crippen molar-refractivity contribution in [3.63, 3.8) is 0 Å². The number of aliphatic hydroxyl groups excluding tert-OH is 11. The van der Waals surface area contributed by atoms with E-state index in [2.05, 4.69) is 153 Å². The molecule has 0 aromatic heterocycles. The number of carbonyl (C=O) groups is 1. The van der Waals surface area contributed by atoms with Crippen LogP contribution in [0, 0.1) is 0 Å². The van der Waals surface area contributed by atoms with Gasteiger partial charge in [0.1, 0.15) is 73.2 Å². The summed E-state index contributed by atoms with van der Waals surface area (Å²) in [4.78, 5) is 13.5. The van der Waals surface area contributed by atoms with Gasteiger partial charge in [-0.15, -0.1) is 0 Å². The van der Waals surface area contributed by atoms with E-state index in [0.717, 1.165) is 109 Å². The fourth-order valence-corrected chi connectivity index (χ4v) is 14.1. The molecule has 113 heavy (non-hydrogen) atoms. The van der Waals surface area contributed by atoms with Gasteiger partial charge in [0, 0.05) is 6.42 Å².